The van der Waals surface area contributed by atoms with Crippen LogP contribution in [0.4, 0.5) is 0 Å². The van der Waals surface area contributed by atoms with Crippen molar-refractivity contribution in [3.63, 3.8) is 0 Å². The summed E-state index contributed by atoms with van der Waals surface area (Å²) < 4.78 is 10.9. The topological polar surface area (TPSA) is 76.6 Å². The lowest BCUT2D eigenvalue weighted by molar-refractivity contribution is -0.120. The molecule has 0 radical (unpaired) electrons. The number of nitrogens with one attached hydrogen (secondary N) is 1. The first-order valence-corrected chi connectivity index (χ1v) is 10.9. The Hall–Kier alpha value is -2.67. The molecule has 0 unspecified atom stereocenters. The number of carbonyl (C=O) groups is 1. The predicted octanol–water partition coefficient (Wildman–Crippen LogP) is 3.17. The van der Waals surface area contributed by atoms with Crippen LogP contribution in [0.5, 0.6) is 11.5 Å². The van der Waals surface area contributed by atoms with Gasteiger partial charge in [0.15, 0.2) is 0 Å². The molecule has 168 valence electrons. The number of carbonyl (C=O) groups excluding carboxylic acids is 1. The van der Waals surface area contributed by atoms with Gasteiger partial charge in [0.1, 0.15) is 17.3 Å². The molecule has 0 saturated carbocycles. The highest BCUT2D eigenvalue weighted by Crippen LogP contribution is 2.30. The third-order valence-corrected chi connectivity index (χ3v) is 5.74. The Bertz CT molecular complexity index is 906. The number of amides is 1. The molecule has 7 nitrogen and oxygen atoms in total. The van der Waals surface area contributed by atoms with Crippen molar-refractivity contribution in [2.45, 2.75) is 59.0 Å². The number of hydrogen-bond acceptors (Lipinski definition) is 6. The van der Waals surface area contributed by atoms with Crippen LogP contribution < -0.4 is 14.8 Å². The maximum atomic E-state index is 12.2. The smallest absolute Gasteiger partial charge is 0.224 e. The van der Waals surface area contributed by atoms with Gasteiger partial charge in [-0.2, -0.15) is 0 Å². The summed E-state index contributed by atoms with van der Waals surface area (Å²) in [5.41, 5.74) is 3.84. The van der Waals surface area contributed by atoms with Crippen molar-refractivity contribution < 1.29 is 14.3 Å². The molecule has 1 amide bonds. The normalized spacial score (nSPS) is 16.5. The second-order valence-corrected chi connectivity index (χ2v) is 8.53. The number of hydrogen-bond donors (Lipinski definition) is 1. The monoisotopic (exact) mass is 426 g/mol. The van der Waals surface area contributed by atoms with Gasteiger partial charge < -0.3 is 14.8 Å². The van der Waals surface area contributed by atoms with E-state index in [1.165, 1.54) is 0 Å². The van der Waals surface area contributed by atoms with E-state index in [-0.39, 0.29) is 17.9 Å². The van der Waals surface area contributed by atoms with E-state index in [0.717, 1.165) is 65.9 Å². The molecule has 1 aromatic carbocycles. The van der Waals surface area contributed by atoms with Crippen LogP contribution in [0.2, 0.25) is 0 Å². The third kappa shape index (κ3) is 5.73. The Morgan fingerprint density at radius 1 is 1.19 bits per heavy atom. The van der Waals surface area contributed by atoms with Crippen molar-refractivity contribution in [3.05, 3.63) is 46.5 Å². The fourth-order valence-electron chi connectivity index (χ4n) is 4.17. The molecule has 0 aliphatic carbocycles. The Balaban J connectivity index is 1.69. The van der Waals surface area contributed by atoms with Crippen molar-refractivity contribution >= 4 is 5.91 Å². The molecule has 2 heterocycles. The lowest BCUT2D eigenvalue weighted by Crippen LogP contribution is -2.32. The molecule has 1 aliphatic rings. The predicted molar refractivity (Wildman–Crippen MR) is 121 cm³/mol. The van der Waals surface area contributed by atoms with Gasteiger partial charge in [-0.25, -0.2) is 9.97 Å². The van der Waals surface area contributed by atoms with E-state index < -0.39 is 0 Å². The quantitative estimate of drug-likeness (QED) is 0.699. The fraction of sp³-hybridized carbons (Fsp3) is 0.542. The molecule has 1 saturated heterocycles. The maximum absolute atomic E-state index is 12.2. The van der Waals surface area contributed by atoms with Crippen LogP contribution in [0.25, 0.3) is 0 Å². The lowest BCUT2D eigenvalue weighted by Gasteiger charge is -2.19. The van der Waals surface area contributed by atoms with Crippen molar-refractivity contribution in [1.82, 2.24) is 20.2 Å². The zero-order chi connectivity index (χ0) is 22.5. The minimum atomic E-state index is 0.0110. The average molecular weight is 427 g/mol. The second-order valence-electron chi connectivity index (χ2n) is 8.53. The highest BCUT2D eigenvalue weighted by atomic mass is 16.5. The number of nitrogens with zero attached hydrogens (tertiary/aromatic N) is 3. The van der Waals surface area contributed by atoms with Gasteiger partial charge in [-0.05, 0) is 58.9 Å². The van der Waals surface area contributed by atoms with Gasteiger partial charge in [0.2, 0.25) is 5.91 Å². The van der Waals surface area contributed by atoms with Crippen LogP contribution >= 0.6 is 0 Å². The molecule has 0 spiro atoms. The van der Waals surface area contributed by atoms with Gasteiger partial charge in [0.25, 0.3) is 0 Å². The molecular weight excluding hydrogens is 392 g/mol. The molecule has 1 aliphatic heterocycles. The van der Waals surface area contributed by atoms with E-state index in [1.54, 1.807) is 14.2 Å². The number of methoxy groups -OCH3 is 2. The largest absolute Gasteiger partial charge is 0.497 e. The van der Waals surface area contributed by atoms with E-state index in [4.69, 9.17) is 19.4 Å². The Morgan fingerprint density at radius 3 is 2.52 bits per heavy atom. The number of benzene rings is 1. The van der Waals surface area contributed by atoms with Crippen LogP contribution in [0.3, 0.4) is 0 Å². The summed E-state index contributed by atoms with van der Waals surface area (Å²) in [6.07, 6.45) is 1.33. The highest BCUT2D eigenvalue weighted by molar-refractivity contribution is 5.79. The molecule has 1 atom stereocenters. The van der Waals surface area contributed by atoms with Gasteiger partial charge in [-0.1, -0.05) is 0 Å². The summed E-state index contributed by atoms with van der Waals surface area (Å²) in [6.45, 7) is 10.5. The molecule has 1 fully saturated rings. The SMILES string of the molecule is COc1ccc(OC)c(CN2CC[C@@H](c3nc(C)c(CC(=O)NC(C)C)c(C)n3)C2)c1. The number of aromatic nitrogens is 2. The minimum absolute atomic E-state index is 0.0110. The van der Waals surface area contributed by atoms with E-state index in [9.17, 15) is 4.79 Å². The zero-order valence-electron chi connectivity index (χ0n) is 19.5. The summed E-state index contributed by atoms with van der Waals surface area (Å²) in [7, 11) is 3.37. The van der Waals surface area contributed by atoms with Gasteiger partial charge in [0, 0.05) is 47.6 Å². The average Bonchev–Trinajstić information content (AvgIpc) is 3.18. The van der Waals surface area contributed by atoms with Gasteiger partial charge in [-0.3, -0.25) is 9.69 Å². The van der Waals surface area contributed by atoms with Gasteiger partial charge in [-0.15, -0.1) is 0 Å². The molecule has 7 heteroatoms. The Morgan fingerprint density at radius 2 is 1.90 bits per heavy atom. The molecule has 1 N–H and O–H groups in total. The van der Waals surface area contributed by atoms with E-state index in [2.05, 4.69) is 10.2 Å². The Kier molecular flexibility index (Phi) is 7.49. The Labute approximate surface area is 185 Å². The van der Waals surface area contributed by atoms with E-state index >= 15 is 0 Å². The third-order valence-electron chi connectivity index (χ3n) is 5.74. The minimum Gasteiger partial charge on any atom is -0.497 e. The molecule has 3 rings (SSSR count). The summed E-state index contributed by atoms with van der Waals surface area (Å²) in [6, 6.07) is 6.03. The van der Waals surface area contributed by atoms with Gasteiger partial charge in [0.05, 0.1) is 20.6 Å². The summed E-state index contributed by atoms with van der Waals surface area (Å²) in [5, 5.41) is 2.94. The second kappa shape index (κ2) is 10.1. The number of likely N-dealkylation sites (tertiary alicyclic amines) is 1. The van der Waals surface area contributed by atoms with Gasteiger partial charge >= 0.3 is 0 Å². The fourth-order valence-corrected chi connectivity index (χ4v) is 4.17. The number of aryl methyl sites for hydroxylation is 2. The lowest BCUT2D eigenvalue weighted by atomic mass is 10.0. The standard InChI is InChI=1S/C24H34N4O3/c1-15(2)25-23(29)12-21-16(3)26-24(27-17(21)4)18-9-10-28(13-18)14-19-11-20(30-5)7-8-22(19)31-6/h7-8,11,15,18H,9-10,12-14H2,1-6H3,(H,25,29)/t18-/m1/s1. The van der Waals surface area contributed by atoms with Crippen LogP contribution in [0.1, 0.15) is 54.5 Å². The first kappa shape index (κ1) is 23.0. The highest BCUT2D eigenvalue weighted by Gasteiger charge is 2.28. The molecule has 1 aromatic heterocycles. The molecule has 2 aromatic rings. The number of ether oxygens (including phenoxy) is 2. The van der Waals surface area contributed by atoms with Crippen molar-refractivity contribution in [2.24, 2.45) is 0 Å². The zero-order valence-corrected chi connectivity index (χ0v) is 19.5. The van der Waals surface area contributed by atoms with Crippen LogP contribution in [0, 0.1) is 13.8 Å². The summed E-state index contributed by atoms with van der Waals surface area (Å²) >= 11 is 0. The van der Waals surface area contributed by atoms with E-state index in [0.29, 0.717) is 6.42 Å². The summed E-state index contributed by atoms with van der Waals surface area (Å²) in [5.74, 6) is 2.88. The molecular formula is C24H34N4O3. The number of rotatable bonds is 8. The van der Waals surface area contributed by atoms with Crippen LogP contribution in [0.15, 0.2) is 18.2 Å². The van der Waals surface area contributed by atoms with Crippen LogP contribution in [-0.4, -0.2) is 54.1 Å². The molecule has 0 bridgehead atoms. The van der Waals surface area contributed by atoms with E-state index in [1.807, 2.05) is 45.9 Å². The first-order chi connectivity index (χ1) is 14.8. The van der Waals surface area contributed by atoms with Crippen molar-refractivity contribution in [2.75, 3.05) is 27.3 Å². The molecule has 31 heavy (non-hydrogen) atoms. The van der Waals surface area contributed by atoms with Crippen molar-refractivity contribution in [3.8, 4) is 11.5 Å². The first-order valence-electron chi connectivity index (χ1n) is 10.9. The van der Waals surface area contributed by atoms with Crippen molar-refractivity contribution in [1.29, 1.82) is 0 Å². The van der Waals surface area contributed by atoms with Crippen LogP contribution in [-0.2, 0) is 17.8 Å². The summed E-state index contributed by atoms with van der Waals surface area (Å²) in [4.78, 5) is 24.2. The maximum Gasteiger partial charge on any atom is 0.224 e.